The van der Waals surface area contributed by atoms with Crippen molar-refractivity contribution in [2.24, 2.45) is 0 Å². The van der Waals surface area contributed by atoms with E-state index in [-0.39, 0.29) is 12.5 Å². The van der Waals surface area contributed by atoms with Gasteiger partial charge in [0.05, 0.1) is 7.11 Å². The highest BCUT2D eigenvalue weighted by molar-refractivity contribution is 5.94. The Bertz CT molecular complexity index is 973. The van der Waals surface area contributed by atoms with E-state index in [2.05, 4.69) is 12.2 Å². The third-order valence-electron chi connectivity index (χ3n) is 4.22. The molecule has 0 aliphatic heterocycles. The first-order valence-corrected chi connectivity index (χ1v) is 8.58. The summed E-state index contributed by atoms with van der Waals surface area (Å²) < 4.78 is 10.4. The van der Waals surface area contributed by atoms with Crippen LogP contribution in [-0.2, 0) is 13.0 Å². The Morgan fingerprint density at radius 1 is 1.12 bits per heavy atom. The summed E-state index contributed by atoms with van der Waals surface area (Å²) in [4.78, 5) is 24.2. The van der Waals surface area contributed by atoms with E-state index in [4.69, 9.17) is 9.15 Å². The van der Waals surface area contributed by atoms with Crippen molar-refractivity contribution in [3.8, 4) is 5.75 Å². The molecule has 0 saturated carbocycles. The molecule has 0 saturated heterocycles. The van der Waals surface area contributed by atoms with Gasteiger partial charge in [-0.3, -0.25) is 4.79 Å². The number of methoxy groups -OCH3 is 1. The Labute approximate surface area is 151 Å². The van der Waals surface area contributed by atoms with Gasteiger partial charge < -0.3 is 14.5 Å². The lowest BCUT2D eigenvalue weighted by Crippen LogP contribution is -2.23. The largest absolute Gasteiger partial charge is 0.497 e. The van der Waals surface area contributed by atoms with E-state index >= 15 is 0 Å². The summed E-state index contributed by atoms with van der Waals surface area (Å²) in [6, 6.07) is 14.1. The highest BCUT2D eigenvalue weighted by Gasteiger charge is 2.10. The fourth-order valence-electron chi connectivity index (χ4n) is 2.89. The van der Waals surface area contributed by atoms with E-state index in [1.165, 1.54) is 11.6 Å². The van der Waals surface area contributed by atoms with Crippen molar-refractivity contribution < 1.29 is 13.9 Å². The zero-order valence-electron chi connectivity index (χ0n) is 14.9. The highest BCUT2D eigenvalue weighted by Crippen LogP contribution is 2.20. The summed E-state index contributed by atoms with van der Waals surface area (Å²) in [7, 11) is 1.58. The monoisotopic (exact) mass is 351 g/mol. The average molecular weight is 351 g/mol. The molecule has 1 heterocycles. The van der Waals surface area contributed by atoms with Crippen molar-refractivity contribution >= 4 is 16.9 Å². The standard InChI is InChI=1S/C21H21NO4/c1-3-4-14-5-10-19-18(11-14)16(12-20(23)26-19)13-22-21(24)15-6-8-17(25-2)9-7-15/h5-12H,3-4,13H2,1-2H3,(H,22,24). The lowest BCUT2D eigenvalue weighted by molar-refractivity contribution is 0.0951. The molecule has 3 aromatic rings. The fourth-order valence-corrected chi connectivity index (χ4v) is 2.89. The molecule has 0 unspecified atom stereocenters. The van der Waals surface area contributed by atoms with E-state index in [9.17, 15) is 9.59 Å². The van der Waals surface area contributed by atoms with Gasteiger partial charge in [0.1, 0.15) is 11.3 Å². The molecule has 0 bridgehead atoms. The molecule has 0 radical (unpaired) electrons. The Balaban J connectivity index is 1.83. The van der Waals surface area contributed by atoms with Crippen LogP contribution < -0.4 is 15.7 Å². The molecule has 0 atom stereocenters. The van der Waals surface area contributed by atoms with Crippen LogP contribution in [0.3, 0.4) is 0 Å². The summed E-state index contributed by atoms with van der Waals surface area (Å²) in [5, 5.41) is 3.72. The van der Waals surface area contributed by atoms with Crippen LogP contribution in [0.15, 0.2) is 57.7 Å². The lowest BCUT2D eigenvalue weighted by Gasteiger charge is -2.09. The minimum atomic E-state index is -0.422. The predicted octanol–water partition coefficient (Wildman–Crippen LogP) is 3.68. The van der Waals surface area contributed by atoms with E-state index < -0.39 is 5.63 Å². The predicted molar refractivity (Wildman–Crippen MR) is 101 cm³/mol. The molecule has 0 aliphatic rings. The van der Waals surface area contributed by atoms with Gasteiger partial charge in [0.25, 0.3) is 5.91 Å². The van der Waals surface area contributed by atoms with Crippen LogP contribution in [0.4, 0.5) is 0 Å². The number of nitrogens with one attached hydrogen (secondary N) is 1. The molecular formula is C21H21NO4. The minimum absolute atomic E-state index is 0.209. The van der Waals surface area contributed by atoms with Crippen LogP contribution in [0.5, 0.6) is 5.75 Å². The number of ether oxygens (including phenoxy) is 1. The SMILES string of the molecule is CCCc1ccc2oc(=O)cc(CNC(=O)c3ccc(OC)cc3)c2c1. The van der Waals surface area contributed by atoms with Crippen molar-refractivity contribution in [1.82, 2.24) is 5.32 Å². The molecule has 5 heteroatoms. The normalized spacial score (nSPS) is 10.7. The maximum atomic E-state index is 12.4. The number of hydrogen-bond donors (Lipinski definition) is 1. The van der Waals surface area contributed by atoms with Gasteiger partial charge in [0.2, 0.25) is 0 Å². The summed E-state index contributed by atoms with van der Waals surface area (Å²) in [6.45, 7) is 2.37. The summed E-state index contributed by atoms with van der Waals surface area (Å²) in [5.74, 6) is 0.482. The number of rotatable bonds is 6. The molecule has 134 valence electrons. The Morgan fingerprint density at radius 2 is 1.88 bits per heavy atom. The third-order valence-corrected chi connectivity index (χ3v) is 4.22. The van der Waals surface area contributed by atoms with Crippen LogP contribution >= 0.6 is 0 Å². The average Bonchev–Trinajstić information content (AvgIpc) is 2.66. The molecule has 0 spiro atoms. The van der Waals surface area contributed by atoms with Gasteiger partial charge in [-0.1, -0.05) is 19.4 Å². The quantitative estimate of drug-likeness (QED) is 0.688. The molecule has 3 rings (SSSR count). The first-order valence-electron chi connectivity index (χ1n) is 8.58. The van der Waals surface area contributed by atoms with Gasteiger partial charge in [-0.2, -0.15) is 0 Å². The van der Waals surface area contributed by atoms with Crippen molar-refractivity contribution in [3.05, 3.63) is 75.6 Å². The van der Waals surface area contributed by atoms with Gasteiger partial charge in [0.15, 0.2) is 0 Å². The van der Waals surface area contributed by atoms with Gasteiger partial charge in [-0.15, -0.1) is 0 Å². The topological polar surface area (TPSA) is 68.5 Å². The second kappa shape index (κ2) is 7.87. The third kappa shape index (κ3) is 3.94. The van der Waals surface area contributed by atoms with Crippen LogP contribution in [-0.4, -0.2) is 13.0 Å². The maximum Gasteiger partial charge on any atom is 0.336 e. The van der Waals surface area contributed by atoms with Gasteiger partial charge in [-0.25, -0.2) is 4.79 Å². The number of amides is 1. The minimum Gasteiger partial charge on any atom is -0.497 e. The molecule has 1 aromatic heterocycles. The van der Waals surface area contributed by atoms with Crippen molar-refractivity contribution in [1.29, 1.82) is 0 Å². The number of hydrogen-bond acceptors (Lipinski definition) is 4. The van der Waals surface area contributed by atoms with Gasteiger partial charge in [0, 0.05) is 23.6 Å². The second-order valence-corrected chi connectivity index (χ2v) is 6.08. The fraction of sp³-hybridized carbons (Fsp3) is 0.238. The maximum absolute atomic E-state index is 12.4. The smallest absolute Gasteiger partial charge is 0.336 e. The molecule has 1 amide bonds. The highest BCUT2D eigenvalue weighted by atomic mass is 16.5. The summed E-state index contributed by atoms with van der Waals surface area (Å²) >= 11 is 0. The summed E-state index contributed by atoms with van der Waals surface area (Å²) in [6.07, 6.45) is 1.98. The first kappa shape index (κ1) is 17.7. The zero-order chi connectivity index (χ0) is 18.5. The Kier molecular flexibility index (Phi) is 5.37. The lowest BCUT2D eigenvalue weighted by atomic mass is 10.0. The van der Waals surface area contributed by atoms with Crippen LogP contribution in [0, 0.1) is 0 Å². The van der Waals surface area contributed by atoms with Crippen LogP contribution in [0.25, 0.3) is 11.0 Å². The number of fused-ring (bicyclic) bond motifs is 1. The number of benzene rings is 2. The molecule has 0 aliphatic carbocycles. The first-order chi connectivity index (χ1) is 12.6. The Hall–Kier alpha value is -3.08. The molecule has 1 N–H and O–H groups in total. The molecule has 0 fully saturated rings. The number of aryl methyl sites for hydroxylation is 1. The van der Waals surface area contributed by atoms with Crippen LogP contribution in [0.1, 0.15) is 34.8 Å². The van der Waals surface area contributed by atoms with Gasteiger partial charge in [-0.05, 0) is 53.9 Å². The molecule has 5 nitrogen and oxygen atoms in total. The zero-order valence-corrected chi connectivity index (χ0v) is 14.9. The second-order valence-electron chi connectivity index (χ2n) is 6.08. The van der Waals surface area contributed by atoms with Gasteiger partial charge >= 0.3 is 5.63 Å². The van der Waals surface area contributed by atoms with Crippen LogP contribution in [0.2, 0.25) is 0 Å². The molecule has 2 aromatic carbocycles. The summed E-state index contributed by atoms with van der Waals surface area (Å²) in [5.41, 5.74) is 2.57. The Morgan fingerprint density at radius 3 is 2.58 bits per heavy atom. The van der Waals surface area contributed by atoms with E-state index in [0.29, 0.717) is 16.9 Å². The number of carbonyl (C=O) groups is 1. The van der Waals surface area contributed by atoms with E-state index in [1.54, 1.807) is 31.4 Å². The van der Waals surface area contributed by atoms with Crippen molar-refractivity contribution in [2.75, 3.05) is 7.11 Å². The van der Waals surface area contributed by atoms with Crippen molar-refractivity contribution in [3.63, 3.8) is 0 Å². The van der Waals surface area contributed by atoms with Crippen molar-refractivity contribution in [2.45, 2.75) is 26.3 Å². The van der Waals surface area contributed by atoms with E-state index in [1.807, 2.05) is 18.2 Å². The van der Waals surface area contributed by atoms with E-state index in [0.717, 1.165) is 23.8 Å². The molecular weight excluding hydrogens is 330 g/mol. The number of carbonyl (C=O) groups excluding carboxylic acids is 1. The molecule has 26 heavy (non-hydrogen) atoms.